The summed E-state index contributed by atoms with van der Waals surface area (Å²) in [7, 11) is 0. The van der Waals surface area contributed by atoms with Crippen molar-refractivity contribution in [3.05, 3.63) is 64.9 Å². The fraction of sp³-hybridized carbons (Fsp3) is 0.118. The number of H-pyrrole nitrogens is 1. The number of halogens is 1. The van der Waals surface area contributed by atoms with Crippen LogP contribution in [0.4, 0.5) is 21.6 Å². The third-order valence-corrected chi connectivity index (χ3v) is 3.82. The molecule has 2 N–H and O–H groups in total. The molecule has 6 heteroatoms. The Balaban J connectivity index is 2.04. The Labute approximate surface area is 132 Å². The molecule has 0 unspecified atom stereocenters. The van der Waals surface area contributed by atoms with Gasteiger partial charge in [0.15, 0.2) is 5.82 Å². The minimum Gasteiger partial charge on any atom is -0.336 e. The van der Waals surface area contributed by atoms with Crippen LogP contribution >= 0.6 is 0 Å². The molecule has 1 aromatic carbocycles. The Kier molecular flexibility index (Phi) is 2.97. The van der Waals surface area contributed by atoms with Crippen molar-refractivity contribution in [3.63, 3.8) is 0 Å². The van der Waals surface area contributed by atoms with Crippen LogP contribution in [0.25, 0.3) is 0 Å². The lowest BCUT2D eigenvalue weighted by Crippen LogP contribution is -2.08. The predicted octanol–water partition coefficient (Wildman–Crippen LogP) is 3.79. The zero-order chi connectivity index (χ0) is 16.0. The van der Waals surface area contributed by atoms with Crippen LogP contribution in [-0.4, -0.2) is 20.9 Å². The van der Waals surface area contributed by atoms with Gasteiger partial charge in [-0.15, -0.1) is 0 Å². The van der Waals surface area contributed by atoms with Gasteiger partial charge in [0.25, 0.3) is 0 Å². The molecular weight excluding hydrogens is 293 g/mol. The number of nitrogens with zero attached hydrogens (tertiary/aromatic N) is 3. The number of aromatic nitrogens is 3. The third kappa shape index (κ3) is 2.19. The molecule has 0 saturated carbocycles. The molecule has 23 heavy (non-hydrogen) atoms. The maximum atomic E-state index is 14.3. The first kappa shape index (κ1) is 13.6. The summed E-state index contributed by atoms with van der Waals surface area (Å²) in [6, 6.07) is 8.52. The maximum absolute atomic E-state index is 14.3. The number of anilines is 2. The number of hydrogen-bond donors (Lipinski definition) is 2. The van der Waals surface area contributed by atoms with Crippen molar-refractivity contribution >= 4 is 22.9 Å². The number of aliphatic imine (C=N–C) groups is 1. The van der Waals surface area contributed by atoms with Gasteiger partial charge < -0.3 is 5.32 Å². The van der Waals surface area contributed by atoms with E-state index in [1.54, 1.807) is 24.4 Å². The molecule has 114 valence electrons. The SMILES string of the molecule is Cc1cc2c(cn1)C(c1ccccc1F)=Nc1c(n[nH]c1C)N2. The van der Waals surface area contributed by atoms with Crippen LogP contribution in [0.3, 0.4) is 0 Å². The Morgan fingerprint density at radius 3 is 2.74 bits per heavy atom. The minimum atomic E-state index is -0.317. The standard InChI is InChI=1S/C17H14FN5/c1-9-7-14-12(8-19-9)16(11-5-3-4-6-13(11)18)21-15-10(2)22-23-17(15)20-14/h3-8H,1-2H3,(H2,20,22,23). The lowest BCUT2D eigenvalue weighted by Gasteiger charge is -2.11. The monoisotopic (exact) mass is 307 g/mol. The van der Waals surface area contributed by atoms with Crippen LogP contribution in [-0.2, 0) is 0 Å². The Hall–Kier alpha value is -3.02. The van der Waals surface area contributed by atoms with Gasteiger partial charge in [0.1, 0.15) is 11.5 Å². The van der Waals surface area contributed by atoms with Crippen LogP contribution in [0.5, 0.6) is 0 Å². The molecule has 5 nitrogen and oxygen atoms in total. The number of pyridine rings is 1. The van der Waals surface area contributed by atoms with Crippen LogP contribution in [0, 0.1) is 19.7 Å². The summed E-state index contributed by atoms with van der Waals surface area (Å²) in [5, 5.41) is 10.4. The Morgan fingerprint density at radius 1 is 1.09 bits per heavy atom. The van der Waals surface area contributed by atoms with E-state index in [-0.39, 0.29) is 5.82 Å². The number of aromatic amines is 1. The summed E-state index contributed by atoms with van der Waals surface area (Å²) < 4.78 is 14.3. The average molecular weight is 307 g/mol. The zero-order valence-electron chi connectivity index (χ0n) is 12.7. The molecule has 0 saturated heterocycles. The highest BCUT2D eigenvalue weighted by Crippen LogP contribution is 2.36. The molecule has 4 rings (SSSR count). The van der Waals surface area contributed by atoms with Crippen molar-refractivity contribution in [1.82, 2.24) is 15.2 Å². The molecule has 0 bridgehead atoms. The summed E-state index contributed by atoms with van der Waals surface area (Å²) in [5.41, 5.74) is 4.90. The van der Waals surface area contributed by atoms with Crippen LogP contribution < -0.4 is 5.32 Å². The number of hydrogen-bond acceptors (Lipinski definition) is 4. The van der Waals surface area contributed by atoms with Crippen LogP contribution in [0.2, 0.25) is 0 Å². The summed E-state index contributed by atoms with van der Waals surface area (Å²) in [6.07, 6.45) is 1.72. The highest BCUT2D eigenvalue weighted by atomic mass is 19.1. The summed E-state index contributed by atoms with van der Waals surface area (Å²) >= 11 is 0. The molecule has 1 aliphatic heterocycles. The molecule has 3 aromatic rings. The first-order chi connectivity index (χ1) is 11.1. The maximum Gasteiger partial charge on any atom is 0.178 e. The van der Waals surface area contributed by atoms with Gasteiger partial charge in [0, 0.05) is 23.0 Å². The van der Waals surface area contributed by atoms with E-state index in [0.717, 1.165) is 22.6 Å². The fourth-order valence-corrected chi connectivity index (χ4v) is 2.66. The van der Waals surface area contributed by atoms with Gasteiger partial charge in [-0.3, -0.25) is 10.1 Å². The van der Waals surface area contributed by atoms with E-state index >= 15 is 0 Å². The number of benzene rings is 1. The van der Waals surface area contributed by atoms with Gasteiger partial charge in [0.05, 0.1) is 17.1 Å². The quantitative estimate of drug-likeness (QED) is 0.562. The van der Waals surface area contributed by atoms with E-state index in [1.807, 2.05) is 19.9 Å². The molecule has 0 aliphatic carbocycles. The second kappa shape index (κ2) is 5.01. The molecule has 0 spiro atoms. The molecular formula is C17H14FN5. The van der Waals surface area contributed by atoms with Gasteiger partial charge in [-0.2, -0.15) is 5.10 Å². The van der Waals surface area contributed by atoms with E-state index in [9.17, 15) is 4.39 Å². The summed E-state index contributed by atoms with van der Waals surface area (Å²) in [6.45, 7) is 3.79. The molecule has 3 heterocycles. The average Bonchev–Trinajstić information content (AvgIpc) is 2.78. The number of aryl methyl sites for hydroxylation is 2. The highest BCUT2D eigenvalue weighted by Gasteiger charge is 2.23. The Morgan fingerprint density at radius 2 is 1.91 bits per heavy atom. The first-order valence-electron chi connectivity index (χ1n) is 7.26. The van der Waals surface area contributed by atoms with Crippen LogP contribution in [0.1, 0.15) is 22.5 Å². The largest absolute Gasteiger partial charge is 0.336 e. The smallest absolute Gasteiger partial charge is 0.178 e. The van der Waals surface area contributed by atoms with Gasteiger partial charge in [-0.25, -0.2) is 9.38 Å². The summed E-state index contributed by atoms with van der Waals surface area (Å²) in [5.74, 6) is 0.308. The molecule has 0 radical (unpaired) electrons. The second-order valence-corrected chi connectivity index (χ2v) is 5.48. The van der Waals surface area contributed by atoms with Crippen molar-refractivity contribution in [2.24, 2.45) is 4.99 Å². The van der Waals surface area contributed by atoms with Gasteiger partial charge in [-0.1, -0.05) is 12.1 Å². The van der Waals surface area contributed by atoms with Crippen molar-refractivity contribution < 1.29 is 4.39 Å². The van der Waals surface area contributed by atoms with E-state index in [1.165, 1.54) is 6.07 Å². The number of rotatable bonds is 1. The van der Waals surface area contributed by atoms with E-state index in [2.05, 4.69) is 25.5 Å². The number of fused-ring (bicyclic) bond motifs is 2. The zero-order valence-corrected chi connectivity index (χ0v) is 12.7. The Bertz CT molecular complexity index is 942. The first-order valence-corrected chi connectivity index (χ1v) is 7.26. The predicted molar refractivity (Wildman–Crippen MR) is 87.3 cm³/mol. The molecule has 0 fully saturated rings. The van der Waals surface area contributed by atoms with Gasteiger partial charge in [-0.05, 0) is 32.0 Å². The van der Waals surface area contributed by atoms with Crippen molar-refractivity contribution in [1.29, 1.82) is 0 Å². The molecule has 2 aromatic heterocycles. The fourth-order valence-electron chi connectivity index (χ4n) is 2.66. The van der Waals surface area contributed by atoms with Gasteiger partial charge in [0.2, 0.25) is 0 Å². The highest BCUT2D eigenvalue weighted by molar-refractivity contribution is 6.18. The van der Waals surface area contributed by atoms with E-state index in [0.29, 0.717) is 22.8 Å². The normalized spacial score (nSPS) is 12.7. The van der Waals surface area contributed by atoms with Crippen molar-refractivity contribution in [3.8, 4) is 0 Å². The van der Waals surface area contributed by atoms with Crippen molar-refractivity contribution in [2.45, 2.75) is 13.8 Å². The van der Waals surface area contributed by atoms with Crippen LogP contribution in [0.15, 0.2) is 41.5 Å². The minimum absolute atomic E-state index is 0.317. The number of nitrogens with one attached hydrogen (secondary N) is 2. The molecule has 1 aliphatic rings. The third-order valence-electron chi connectivity index (χ3n) is 3.82. The second-order valence-electron chi connectivity index (χ2n) is 5.48. The van der Waals surface area contributed by atoms with Gasteiger partial charge >= 0.3 is 0 Å². The molecule has 0 atom stereocenters. The topological polar surface area (TPSA) is 66.0 Å². The lowest BCUT2D eigenvalue weighted by molar-refractivity contribution is 0.625. The summed E-state index contributed by atoms with van der Waals surface area (Å²) in [4.78, 5) is 9.02. The van der Waals surface area contributed by atoms with E-state index < -0.39 is 0 Å². The molecule has 0 amide bonds. The lowest BCUT2D eigenvalue weighted by atomic mass is 10.0. The van der Waals surface area contributed by atoms with E-state index in [4.69, 9.17) is 0 Å². The van der Waals surface area contributed by atoms with Crippen molar-refractivity contribution in [2.75, 3.05) is 5.32 Å².